The van der Waals surface area contributed by atoms with E-state index in [2.05, 4.69) is 0 Å². The van der Waals surface area contributed by atoms with E-state index in [1.807, 2.05) is 68.6 Å². The maximum absolute atomic E-state index is 12.3. The van der Waals surface area contributed by atoms with Gasteiger partial charge in [-0.1, -0.05) is 42.5 Å². The van der Waals surface area contributed by atoms with Crippen LogP contribution in [0.2, 0.25) is 0 Å². The summed E-state index contributed by atoms with van der Waals surface area (Å²) in [4.78, 5) is 14.1. The summed E-state index contributed by atoms with van der Waals surface area (Å²) in [5.74, 6) is 0.103. The maximum Gasteiger partial charge on any atom is 0.227 e. The quantitative estimate of drug-likeness (QED) is 0.866. The van der Waals surface area contributed by atoms with E-state index in [1.54, 1.807) is 4.90 Å². The van der Waals surface area contributed by atoms with Crippen LogP contribution in [0, 0.1) is 0 Å². The molecule has 0 saturated heterocycles. The molecule has 0 aliphatic rings. The number of amides is 1. The van der Waals surface area contributed by atoms with E-state index in [9.17, 15) is 4.79 Å². The molecule has 104 valence electrons. The van der Waals surface area contributed by atoms with Gasteiger partial charge >= 0.3 is 0 Å². The SMILES string of the molecule is CC(c1ccccc1)N(C)C(=O)Cc1ccc(N)cc1. The summed E-state index contributed by atoms with van der Waals surface area (Å²) < 4.78 is 0. The number of nitrogen functional groups attached to an aromatic ring is 1. The lowest BCUT2D eigenvalue weighted by Gasteiger charge is -2.25. The van der Waals surface area contributed by atoms with Gasteiger partial charge in [0.15, 0.2) is 0 Å². The molecule has 3 nitrogen and oxygen atoms in total. The third kappa shape index (κ3) is 3.38. The fraction of sp³-hybridized carbons (Fsp3) is 0.235. The Hall–Kier alpha value is -2.29. The summed E-state index contributed by atoms with van der Waals surface area (Å²) in [6.07, 6.45) is 0.397. The highest BCUT2D eigenvalue weighted by Crippen LogP contribution is 2.19. The van der Waals surface area contributed by atoms with Crippen molar-refractivity contribution in [1.29, 1.82) is 0 Å². The Morgan fingerprint density at radius 3 is 2.30 bits per heavy atom. The predicted octanol–water partition coefficient (Wildman–Crippen LogP) is 3.03. The second-order valence-corrected chi connectivity index (χ2v) is 5.01. The number of nitrogens with zero attached hydrogens (tertiary/aromatic N) is 1. The van der Waals surface area contributed by atoms with Crippen molar-refractivity contribution >= 4 is 11.6 Å². The number of anilines is 1. The first-order valence-electron chi connectivity index (χ1n) is 6.73. The number of rotatable bonds is 4. The van der Waals surface area contributed by atoms with Crippen molar-refractivity contribution in [2.45, 2.75) is 19.4 Å². The maximum atomic E-state index is 12.3. The van der Waals surface area contributed by atoms with Gasteiger partial charge in [-0.3, -0.25) is 4.79 Å². The van der Waals surface area contributed by atoms with Gasteiger partial charge in [-0.25, -0.2) is 0 Å². The Kier molecular flexibility index (Phi) is 4.41. The summed E-state index contributed by atoms with van der Waals surface area (Å²) in [6, 6.07) is 17.5. The minimum absolute atomic E-state index is 0.0671. The molecule has 0 spiro atoms. The second-order valence-electron chi connectivity index (χ2n) is 5.01. The zero-order valence-corrected chi connectivity index (χ0v) is 11.9. The number of nitrogens with two attached hydrogens (primary N) is 1. The van der Waals surface area contributed by atoms with Gasteiger partial charge in [0.2, 0.25) is 5.91 Å². The van der Waals surface area contributed by atoms with Gasteiger partial charge in [0.05, 0.1) is 12.5 Å². The third-order valence-corrected chi connectivity index (χ3v) is 3.59. The lowest BCUT2D eigenvalue weighted by molar-refractivity contribution is -0.131. The fourth-order valence-corrected chi connectivity index (χ4v) is 2.11. The van der Waals surface area contributed by atoms with Crippen LogP contribution in [0.4, 0.5) is 5.69 Å². The largest absolute Gasteiger partial charge is 0.399 e. The Morgan fingerprint density at radius 1 is 1.10 bits per heavy atom. The first-order chi connectivity index (χ1) is 9.58. The molecular formula is C17H20N2O. The highest BCUT2D eigenvalue weighted by atomic mass is 16.2. The smallest absolute Gasteiger partial charge is 0.227 e. The molecule has 2 aromatic rings. The lowest BCUT2D eigenvalue weighted by Crippen LogP contribution is -2.30. The molecule has 1 unspecified atom stereocenters. The van der Waals surface area contributed by atoms with Gasteiger partial charge in [-0.2, -0.15) is 0 Å². The highest BCUT2D eigenvalue weighted by Gasteiger charge is 2.17. The number of carbonyl (C=O) groups excluding carboxylic acids is 1. The minimum Gasteiger partial charge on any atom is -0.399 e. The highest BCUT2D eigenvalue weighted by molar-refractivity contribution is 5.79. The number of hydrogen-bond acceptors (Lipinski definition) is 2. The Bertz CT molecular complexity index is 563. The first-order valence-corrected chi connectivity index (χ1v) is 6.73. The zero-order chi connectivity index (χ0) is 14.5. The van der Waals surface area contributed by atoms with Crippen LogP contribution in [0.1, 0.15) is 24.1 Å². The lowest BCUT2D eigenvalue weighted by atomic mass is 10.1. The van der Waals surface area contributed by atoms with Gasteiger partial charge in [-0.15, -0.1) is 0 Å². The normalized spacial score (nSPS) is 11.9. The van der Waals surface area contributed by atoms with Gasteiger partial charge in [0, 0.05) is 12.7 Å². The zero-order valence-electron chi connectivity index (χ0n) is 11.9. The van der Waals surface area contributed by atoms with Crippen molar-refractivity contribution in [3.63, 3.8) is 0 Å². The molecule has 0 aromatic heterocycles. The van der Waals surface area contributed by atoms with Crippen molar-refractivity contribution in [2.24, 2.45) is 0 Å². The van der Waals surface area contributed by atoms with Crippen LogP contribution in [-0.2, 0) is 11.2 Å². The average Bonchev–Trinajstić information content (AvgIpc) is 2.49. The summed E-state index contributed by atoms with van der Waals surface area (Å²) >= 11 is 0. The van der Waals surface area contributed by atoms with Crippen molar-refractivity contribution in [2.75, 3.05) is 12.8 Å². The molecule has 2 N–H and O–H groups in total. The second kappa shape index (κ2) is 6.24. The molecule has 1 atom stereocenters. The van der Waals surface area contributed by atoms with Crippen LogP contribution in [0.15, 0.2) is 54.6 Å². The molecule has 0 saturated carbocycles. The Morgan fingerprint density at radius 2 is 1.70 bits per heavy atom. The van der Waals surface area contributed by atoms with Gasteiger partial charge in [-0.05, 0) is 30.2 Å². The molecule has 0 fully saturated rings. The molecule has 0 bridgehead atoms. The number of hydrogen-bond donors (Lipinski definition) is 1. The standard InChI is InChI=1S/C17H20N2O/c1-13(15-6-4-3-5-7-15)19(2)17(20)12-14-8-10-16(18)11-9-14/h3-11,13H,12,18H2,1-2H3. The van der Waals surface area contributed by atoms with E-state index in [0.29, 0.717) is 12.1 Å². The van der Waals surface area contributed by atoms with E-state index in [-0.39, 0.29) is 11.9 Å². The van der Waals surface area contributed by atoms with Crippen LogP contribution in [0.3, 0.4) is 0 Å². The van der Waals surface area contributed by atoms with Crippen LogP contribution in [0.25, 0.3) is 0 Å². The van der Waals surface area contributed by atoms with Gasteiger partial charge in [0.25, 0.3) is 0 Å². The van der Waals surface area contributed by atoms with Crippen LogP contribution in [-0.4, -0.2) is 17.9 Å². The van der Waals surface area contributed by atoms with Crippen molar-refractivity contribution in [1.82, 2.24) is 4.90 Å². The van der Waals surface area contributed by atoms with Crippen molar-refractivity contribution in [3.8, 4) is 0 Å². The average molecular weight is 268 g/mol. The molecule has 1 amide bonds. The van der Waals surface area contributed by atoms with E-state index >= 15 is 0 Å². The molecule has 0 aliphatic carbocycles. The van der Waals surface area contributed by atoms with Gasteiger partial charge in [0.1, 0.15) is 0 Å². The summed E-state index contributed by atoms with van der Waals surface area (Å²) in [7, 11) is 1.84. The molecular weight excluding hydrogens is 248 g/mol. The van der Waals surface area contributed by atoms with Crippen molar-refractivity contribution < 1.29 is 4.79 Å². The van der Waals surface area contributed by atoms with Crippen molar-refractivity contribution in [3.05, 3.63) is 65.7 Å². The molecule has 0 radical (unpaired) electrons. The minimum atomic E-state index is 0.0671. The molecule has 0 heterocycles. The van der Waals surface area contributed by atoms with Crippen LogP contribution >= 0.6 is 0 Å². The van der Waals surface area contributed by atoms with E-state index in [1.165, 1.54) is 0 Å². The number of carbonyl (C=O) groups is 1. The Labute approximate surface area is 120 Å². The van der Waals surface area contributed by atoms with Gasteiger partial charge < -0.3 is 10.6 Å². The molecule has 0 aliphatic heterocycles. The fourth-order valence-electron chi connectivity index (χ4n) is 2.11. The summed E-state index contributed by atoms with van der Waals surface area (Å²) in [5.41, 5.74) is 8.48. The Balaban J connectivity index is 2.03. The monoisotopic (exact) mass is 268 g/mol. The van der Waals surface area contributed by atoms with Crippen LogP contribution < -0.4 is 5.73 Å². The number of benzene rings is 2. The van der Waals surface area contributed by atoms with Crippen LogP contribution in [0.5, 0.6) is 0 Å². The predicted molar refractivity (Wildman–Crippen MR) is 82.2 cm³/mol. The molecule has 20 heavy (non-hydrogen) atoms. The first kappa shape index (κ1) is 14.1. The molecule has 2 rings (SSSR count). The summed E-state index contributed by atoms with van der Waals surface area (Å²) in [5, 5.41) is 0. The molecule has 3 heteroatoms. The van der Waals surface area contributed by atoms with E-state index in [0.717, 1.165) is 11.1 Å². The van der Waals surface area contributed by atoms with E-state index in [4.69, 9.17) is 5.73 Å². The molecule has 2 aromatic carbocycles. The number of likely N-dealkylation sites (N-methyl/N-ethyl adjacent to an activating group) is 1. The van der Waals surface area contributed by atoms with E-state index < -0.39 is 0 Å². The topological polar surface area (TPSA) is 46.3 Å². The third-order valence-electron chi connectivity index (χ3n) is 3.59. The summed E-state index contributed by atoms with van der Waals surface area (Å²) in [6.45, 7) is 2.04.